The van der Waals surface area contributed by atoms with Crippen molar-refractivity contribution >= 4 is 15.9 Å². The van der Waals surface area contributed by atoms with Crippen LogP contribution in [0.25, 0.3) is 0 Å². The van der Waals surface area contributed by atoms with Crippen LogP contribution >= 0.6 is 15.9 Å². The van der Waals surface area contributed by atoms with Crippen LogP contribution in [0, 0.1) is 5.92 Å². The Kier molecular flexibility index (Phi) is 3.78. The highest BCUT2D eigenvalue weighted by Gasteiger charge is 2.23. The fourth-order valence-corrected chi connectivity index (χ4v) is 2.53. The summed E-state index contributed by atoms with van der Waals surface area (Å²) in [6, 6.07) is 8.25. The molecule has 2 atom stereocenters. The van der Waals surface area contributed by atoms with E-state index in [-0.39, 0.29) is 6.10 Å². The quantitative estimate of drug-likeness (QED) is 0.861. The number of aliphatic hydroxyl groups excluding tert-OH is 1. The van der Waals surface area contributed by atoms with Crippen molar-refractivity contribution in [3.63, 3.8) is 0 Å². The number of halogens is 1. The molecule has 1 fully saturated rings. The molecule has 2 N–H and O–H groups in total. The molecule has 0 saturated carbocycles. The van der Waals surface area contributed by atoms with Crippen LogP contribution in [0.5, 0.6) is 0 Å². The monoisotopic (exact) mass is 269 g/mol. The maximum atomic E-state index is 9.84. The summed E-state index contributed by atoms with van der Waals surface area (Å²) in [6.07, 6.45) is 1.82. The summed E-state index contributed by atoms with van der Waals surface area (Å²) in [5.41, 5.74) is 1.29. The van der Waals surface area contributed by atoms with Crippen LogP contribution in [-0.2, 0) is 6.42 Å². The lowest BCUT2D eigenvalue weighted by Crippen LogP contribution is -2.41. The Bertz CT molecular complexity index is 329. The Morgan fingerprint density at radius 2 is 2.20 bits per heavy atom. The third kappa shape index (κ3) is 2.80. The number of β-amino-alcohol motifs (C(OH)–C–C–N with tert-alkyl or cyclic N) is 1. The summed E-state index contributed by atoms with van der Waals surface area (Å²) in [5, 5.41) is 13.0. The van der Waals surface area contributed by atoms with Gasteiger partial charge in [-0.1, -0.05) is 34.1 Å². The van der Waals surface area contributed by atoms with Gasteiger partial charge in [-0.3, -0.25) is 0 Å². The van der Waals surface area contributed by atoms with Gasteiger partial charge >= 0.3 is 0 Å². The van der Waals surface area contributed by atoms with Crippen molar-refractivity contribution in [1.29, 1.82) is 0 Å². The number of piperidine rings is 1. The summed E-state index contributed by atoms with van der Waals surface area (Å²) in [5.74, 6) is 0.393. The normalized spacial score (nSPS) is 26.5. The molecule has 2 unspecified atom stereocenters. The molecule has 1 heterocycles. The van der Waals surface area contributed by atoms with Crippen LogP contribution in [0.3, 0.4) is 0 Å². The van der Waals surface area contributed by atoms with E-state index in [9.17, 15) is 5.11 Å². The molecule has 0 radical (unpaired) electrons. The van der Waals surface area contributed by atoms with E-state index in [1.54, 1.807) is 0 Å². The number of hydrogen-bond acceptors (Lipinski definition) is 2. The number of nitrogens with one attached hydrogen (secondary N) is 1. The van der Waals surface area contributed by atoms with Crippen molar-refractivity contribution in [2.24, 2.45) is 5.92 Å². The molecule has 1 aromatic carbocycles. The highest BCUT2D eigenvalue weighted by atomic mass is 79.9. The summed E-state index contributed by atoms with van der Waals surface area (Å²) in [4.78, 5) is 0. The SMILES string of the molecule is OC1CNCCC1Cc1ccccc1Br. The van der Waals surface area contributed by atoms with E-state index in [0.29, 0.717) is 5.92 Å². The molecule has 2 nitrogen and oxygen atoms in total. The van der Waals surface area contributed by atoms with Crippen molar-refractivity contribution in [3.05, 3.63) is 34.3 Å². The minimum absolute atomic E-state index is 0.203. The van der Waals surface area contributed by atoms with E-state index in [0.717, 1.165) is 30.4 Å². The fourth-order valence-electron chi connectivity index (χ4n) is 2.08. The molecule has 2 rings (SSSR count). The van der Waals surface area contributed by atoms with E-state index >= 15 is 0 Å². The zero-order valence-corrected chi connectivity index (χ0v) is 10.2. The smallest absolute Gasteiger partial charge is 0.0696 e. The Hall–Kier alpha value is -0.380. The van der Waals surface area contributed by atoms with Gasteiger partial charge in [0, 0.05) is 11.0 Å². The van der Waals surface area contributed by atoms with Crippen LogP contribution in [0.1, 0.15) is 12.0 Å². The third-order valence-corrected chi connectivity index (χ3v) is 3.80. The van der Waals surface area contributed by atoms with E-state index in [2.05, 4.69) is 33.4 Å². The highest BCUT2D eigenvalue weighted by Crippen LogP contribution is 2.23. The van der Waals surface area contributed by atoms with Gasteiger partial charge in [-0.25, -0.2) is 0 Å². The Morgan fingerprint density at radius 3 is 2.93 bits per heavy atom. The third-order valence-electron chi connectivity index (χ3n) is 3.03. The molecule has 1 aliphatic rings. The lowest BCUT2D eigenvalue weighted by atomic mass is 9.89. The molecule has 0 aromatic heterocycles. The van der Waals surface area contributed by atoms with Crippen molar-refractivity contribution in [1.82, 2.24) is 5.32 Å². The summed E-state index contributed by atoms with van der Waals surface area (Å²) < 4.78 is 1.15. The number of hydrogen-bond donors (Lipinski definition) is 2. The van der Waals surface area contributed by atoms with Gasteiger partial charge in [-0.05, 0) is 36.9 Å². The standard InChI is InChI=1S/C12H16BrNO/c13-11-4-2-1-3-9(11)7-10-5-6-14-8-12(10)15/h1-4,10,12,14-15H,5-8H2. The average Bonchev–Trinajstić information content (AvgIpc) is 2.24. The Morgan fingerprint density at radius 1 is 1.40 bits per heavy atom. The van der Waals surface area contributed by atoms with Crippen LogP contribution in [0.4, 0.5) is 0 Å². The molecule has 3 heteroatoms. The van der Waals surface area contributed by atoms with Crippen molar-refractivity contribution in [2.45, 2.75) is 18.9 Å². The summed E-state index contributed by atoms with van der Waals surface area (Å²) in [6.45, 7) is 1.75. The first-order chi connectivity index (χ1) is 7.27. The first kappa shape index (κ1) is 11.1. The number of rotatable bonds is 2. The van der Waals surface area contributed by atoms with Gasteiger partial charge in [-0.2, -0.15) is 0 Å². The Balaban J connectivity index is 2.04. The van der Waals surface area contributed by atoms with Crippen LogP contribution in [0.2, 0.25) is 0 Å². The average molecular weight is 270 g/mol. The van der Waals surface area contributed by atoms with E-state index in [1.165, 1.54) is 5.56 Å². The predicted octanol–water partition coefficient (Wildman–Crippen LogP) is 1.96. The second-order valence-electron chi connectivity index (χ2n) is 4.12. The maximum absolute atomic E-state index is 9.84. The minimum atomic E-state index is -0.203. The molecule has 15 heavy (non-hydrogen) atoms. The van der Waals surface area contributed by atoms with Gasteiger partial charge < -0.3 is 10.4 Å². The van der Waals surface area contributed by atoms with E-state index in [1.807, 2.05) is 12.1 Å². The van der Waals surface area contributed by atoms with Gasteiger partial charge in [0.05, 0.1) is 6.10 Å². The summed E-state index contributed by atoms with van der Waals surface area (Å²) in [7, 11) is 0. The predicted molar refractivity (Wildman–Crippen MR) is 64.8 cm³/mol. The molecular formula is C12H16BrNO. The van der Waals surface area contributed by atoms with E-state index < -0.39 is 0 Å². The second-order valence-corrected chi connectivity index (χ2v) is 4.97. The second kappa shape index (κ2) is 5.10. The van der Waals surface area contributed by atoms with Crippen molar-refractivity contribution in [2.75, 3.05) is 13.1 Å². The van der Waals surface area contributed by atoms with Crippen LogP contribution in [-0.4, -0.2) is 24.3 Å². The van der Waals surface area contributed by atoms with Gasteiger partial charge in [0.15, 0.2) is 0 Å². The fraction of sp³-hybridized carbons (Fsp3) is 0.500. The molecule has 82 valence electrons. The first-order valence-corrected chi connectivity index (χ1v) is 6.19. The van der Waals surface area contributed by atoms with E-state index in [4.69, 9.17) is 0 Å². The van der Waals surface area contributed by atoms with Crippen molar-refractivity contribution < 1.29 is 5.11 Å². The number of aliphatic hydroxyl groups is 1. The summed E-state index contributed by atoms with van der Waals surface area (Å²) >= 11 is 3.55. The molecule has 0 aliphatic carbocycles. The maximum Gasteiger partial charge on any atom is 0.0696 e. The lowest BCUT2D eigenvalue weighted by molar-refractivity contribution is 0.0819. The lowest BCUT2D eigenvalue weighted by Gasteiger charge is -2.28. The van der Waals surface area contributed by atoms with Gasteiger partial charge in [0.2, 0.25) is 0 Å². The zero-order valence-electron chi connectivity index (χ0n) is 8.62. The highest BCUT2D eigenvalue weighted by molar-refractivity contribution is 9.10. The molecule has 1 saturated heterocycles. The van der Waals surface area contributed by atoms with Crippen LogP contribution in [0.15, 0.2) is 28.7 Å². The molecule has 1 aromatic rings. The molecule has 0 spiro atoms. The molecular weight excluding hydrogens is 254 g/mol. The topological polar surface area (TPSA) is 32.3 Å². The largest absolute Gasteiger partial charge is 0.392 e. The zero-order chi connectivity index (χ0) is 10.7. The van der Waals surface area contributed by atoms with Crippen LogP contribution < -0.4 is 5.32 Å². The van der Waals surface area contributed by atoms with Gasteiger partial charge in [0.1, 0.15) is 0 Å². The molecule has 0 bridgehead atoms. The van der Waals surface area contributed by atoms with Gasteiger partial charge in [-0.15, -0.1) is 0 Å². The molecule has 1 aliphatic heterocycles. The minimum Gasteiger partial charge on any atom is -0.392 e. The molecule has 0 amide bonds. The van der Waals surface area contributed by atoms with Crippen molar-refractivity contribution in [3.8, 4) is 0 Å². The Labute approximate surface area is 98.8 Å². The first-order valence-electron chi connectivity index (χ1n) is 5.39. The van der Waals surface area contributed by atoms with Gasteiger partial charge in [0.25, 0.3) is 0 Å². The number of benzene rings is 1.